The van der Waals surface area contributed by atoms with Gasteiger partial charge < -0.3 is 0 Å². The number of nitrogens with one attached hydrogen (secondary N) is 1. The minimum atomic E-state index is -0.739. The Bertz CT molecular complexity index is 387. The average Bonchev–Trinajstić information content (AvgIpc) is 2.07. The molecular formula is C6H3BrN4O2. The van der Waals surface area contributed by atoms with E-state index in [0.29, 0.717) is 10.0 Å². The molecule has 0 spiro atoms. The standard InChI is InChI=1S/C6H3BrN4O2/c7-5-3-9-6(10-11(12)13)1-4(5)2-8/h1,3H,(H,9,10). The fourth-order valence-electron chi connectivity index (χ4n) is 0.679. The van der Waals surface area contributed by atoms with Crippen molar-refractivity contribution in [3.8, 4) is 6.07 Å². The van der Waals surface area contributed by atoms with Crippen LogP contribution < -0.4 is 5.43 Å². The van der Waals surface area contributed by atoms with Gasteiger partial charge in [-0.2, -0.15) is 5.26 Å². The second-order valence-corrected chi connectivity index (χ2v) is 2.88. The van der Waals surface area contributed by atoms with Gasteiger partial charge in [-0.3, -0.25) is 0 Å². The lowest BCUT2D eigenvalue weighted by Gasteiger charge is -1.97. The predicted octanol–water partition coefficient (Wildman–Crippen LogP) is 1.32. The maximum absolute atomic E-state index is 10.0. The summed E-state index contributed by atoms with van der Waals surface area (Å²) in [6.45, 7) is 0. The number of rotatable bonds is 2. The number of nitriles is 1. The maximum atomic E-state index is 10.0. The molecule has 0 saturated heterocycles. The minimum Gasteiger partial charge on any atom is -0.234 e. The van der Waals surface area contributed by atoms with E-state index in [1.807, 2.05) is 11.5 Å². The summed E-state index contributed by atoms with van der Waals surface area (Å²) >= 11 is 3.07. The van der Waals surface area contributed by atoms with Crippen molar-refractivity contribution >= 4 is 21.7 Å². The first kappa shape index (κ1) is 9.41. The average molecular weight is 243 g/mol. The molecule has 0 bridgehead atoms. The van der Waals surface area contributed by atoms with Crippen LogP contribution in [0, 0.1) is 21.4 Å². The number of pyridine rings is 1. The van der Waals surface area contributed by atoms with Gasteiger partial charge in [0.2, 0.25) is 0 Å². The summed E-state index contributed by atoms with van der Waals surface area (Å²) in [6, 6.07) is 3.14. The number of anilines is 1. The largest absolute Gasteiger partial charge is 0.234 e. The Balaban J connectivity index is 3.01. The van der Waals surface area contributed by atoms with Crippen LogP contribution in [0.4, 0.5) is 5.82 Å². The molecule has 1 heterocycles. The minimum absolute atomic E-state index is 0.0322. The quantitative estimate of drug-likeness (QED) is 0.624. The Hall–Kier alpha value is -1.68. The van der Waals surface area contributed by atoms with Crippen LogP contribution in [0.5, 0.6) is 0 Å². The van der Waals surface area contributed by atoms with Gasteiger partial charge in [-0.05, 0) is 15.9 Å². The van der Waals surface area contributed by atoms with E-state index in [-0.39, 0.29) is 5.82 Å². The lowest BCUT2D eigenvalue weighted by molar-refractivity contribution is -0.445. The van der Waals surface area contributed by atoms with Crippen LogP contribution in [0.3, 0.4) is 0 Å². The van der Waals surface area contributed by atoms with E-state index in [9.17, 15) is 10.1 Å². The molecule has 7 heteroatoms. The summed E-state index contributed by atoms with van der Waals surface area (Å²) in [5, 5.41) is 17.8. The molecule has 6 nitrogen and oxygen atoms in total. The van der Waals surface area contributed by atoms with Crippen LogP contribution in [-0.4, -0.2) is 10.0 Å². The van der Waals surface area contributed by atoms with E-state index in [1.165, 1.54) is 12.3 Å². The first-order valence-corrected chi connectivity index (χ1v) is 3.89. The van der Waals surface area contributed by atoms with Gasteiger partial charge in [0.25, 0.3) is 0 Å². The molecule has 0 radical (unpaired) electrons. The third kappa shape index (κ3) is 2.38. The van der Waals surface area contributed by atoms with Gasteiger partial charge in [-0.15, -0.1) is 0 Å². The molecule has 1 aromatic heterocycles. The highest BCUT2D eigenvalue weighted by atomic mass is 79.9. The molecule has 0 aliphatic rings. The van der Waals surface area contributed by atoms with Crippen molar-refractivity contribution in [3.05, 3.63) is 32.4 Å². The molecular weight excluding hydrogens is 240 g/mol. The van der Waals surface area contributed by atoms with Gasteiger partial charge >= 0.3 is 0 Å². The van der Waals surface area contributed by atoms with Crippen LogP contribution >= 0.6 is 15.9 Å². The molecule has 0 atom stereocenters. The summed E-state index contributed by atoms with van der Waals surface area (Å²) in [6.07, 6.45) is 1.32. The highest BCUT2D eigenvalue weighted by Crippen LogP contribution is 2.17. The van der Waals surface area contributed by atoms with Gasteiger partial charge in [0.05, 0.1) is 10.0 Å². The molecule has 1 N–H and O–H groups in total. The van der Waals surface area contributed by atoms with Gasteiger partial charge in [0.15, 0.2) is 10.9 Å². The molecule has 66 valence electrons. The van der Waals surface area contributed by atoms with Crippen molar-refractivity contribution in [1.29, 1.82) is 5.26 Å². The van der Waals surface area contributed by atoms with E-state index >= 15 is 0 Å². The van der Waals surface area contributed by atoms with Gasteiger partial charge in [-0.1, -0.05) is 5.43 Å². The maximum Gasteiger partial charge on any atom is 0.191 e. The molecule has 1 aromatic rings. The zero-order valence-corrected chi connectivity index (χ0v) is 7.78. The first-order valence-electron chi connectivity index (χ1n) is 3.10. The number of halogens is 1. The van der Waals surface area contributed by atoms with Crippen LogP contribution in [-0.2, 0) is 0 Å². The molecule has 0 fully saturated rings. The Labute approximate surface area is 81.4 Å². The van der Waals surface area contributed by atoms with E-state index in [2.05, 4.69) is 20.9 Å². The number of nitrogens with zero attached hydrogens (tertiary/aromatic N) is 3. The lowest BCUT2D eigenvalue weighted by Crippen LogP contribution is -2.09. The molecule has 1 rings (SSSR count). The summed E-state index contributed by atoms with van der Waals surface area (Å²) in [7, 11) is 0. The SMILES string of the molecule is N#Cc1cc(N[N+](=O)[O-])ncc1Br. The summed E-state index contributed by atoms with van der Waals surface area (Å²) < 4.78 is 0.504. The van der Waals surface area contributed by atoms with Crippen LogP contribution in [0.25, 0.3) is 0 Å². The Morgan fingerprint density at radius 2 is 2.46 bits per heavy atom. The van der Waals surface area contributed by atoms with Gasteiger partial charge in [0, 0.05) is 12.3 Å². The number of hydrogen-bond donors (Lipinski definition) is 1. The van der Waals surface area contributed by atoms with Crippen molar-refractivity contribution in [2.75, 3.05) is 5.43 Å². The lowest BCUT2D eigenvalue weighted by atomic mass is 10.3. The smallest absolute Gasteiger partial charge is 0.191 e. The fourth-order valence-corrected chi connectivity index (χ4v) is 0.985. The molecule has 0 saturated carbocycles. The van der Waals surface area contributed by atoms with Crippen molar-refractivity contribution in [2.45, 2.75) is 0 Å². The monoisotopic (exact) mass is 242 g/mol. The molecule has 0 aromatic carbocycles. The molecule has 13 heavy (non-hydrogen) atoms. The Morgan fingerprint density at radius 1 is 1.77 bits per heavy atom. The predicted molar refractivity (Wildman–Crippen MR) is 47.3 cm³/mol. The third-order valence-electron chi connectivity index (χ3n) is 1.18. The van der Waals surface area contributed by atoms with Crippen LogP contribution in [0.15, 0.2) is 16.7 Å². The van der Waals surface area contributed by atoms with Gasteiger partial charge in [0.1, 0.15) is 6.07 Å². The van der Waals surface area contributed by atoms with E-state index in [1.54, 1.807) is 0 Å². The van der Waals surface area contributed by atoms with Crippen molar-refractivity contribution < 1.29 is 5.03 Å². The van der Waals surface area contributed by atoms with Crippen molar-refractivity contribution in [3.63, 3.8) is 0 Å². The normalized spacial score (nSPS) is 8.92. The highest BCUT2D eigenvalue weighted by molar-refractivity contribution is 9.10. The molecule has 0 amide bonds. The topological polar surface area (TPSA) is 91.8 Å². The highest BCUT2D eigenvalue weighted by Gasteiger charge is 2.05. The van der Waals surface area contributed by atoms with E-state index < -0.39 is 5.03 Å². The molecule has 0 aliphatic carbocycles. The van der Waals surface area contributed by atoms with Gasteiger partial charge in [-0.25, -0.2) is 15.1 Å². The Kier molecular flexibility index (Phi) is 2.76. The number of aromatic nitrogens is 1. The number of hydrogen-bond acceptors (Lipinski definition) is 4. The second kappa shape index (κ2) is 3.82. The van der Waals surface area contributed by atoms with Crippen LogP contribution in [0.2, 0.25) is 0 Å². The van der Waals surface area contributed by atoms with Crippen molar-refractivity contribution in [2.24, 2.45) is 0 Å². The fraction of sp³-hybridized carbons (Fsp3) is 0. The Morgan fingerprint density at radius 3 is 3.00 bits per heavy atom. The summed E-state index contributed by atoms with van der Waals surface area (Å²) in [4.78, 5) is 13.7. The summed E-state index contributed by atoms with van der Waals surface area (Å²) in [5.74, 6) is 0.0322. The van der Waals surface area contributed by atoms with E-state index in [4.69, 9.17) is 5.26 Å². The third-order valence-corrected chi connectivity index (χ3v) is 1.81. The number of nitro groups is 1. The first-order chi connectivity index (χ1) is 6.13. The zero-order valence-electron chi connectivity index (χ0n) is 6.19. The molecule has 0 aliphatic heterocycles. The summed E-state index contributed by atoms with van der Waals surface area (Å²) in [5.41, 5.74) is 2.14. The molecule has 0 unspecified atom stereocenters. The van der Waals surface area contributed by atoms with Crippen molar-refractivity contribution in [1.82, 2.24) is 4.98 Å². The number of hydrazine groups is 1. The zero-order chi connectivity index (χ0) is 9.84. The van der Waals surface area contributed by atoms with E-state index in [0.717, 1.165) is 0 Å². The van der Waals surface area contributed by atoms with Crippen LogP contribution in [0.1, 0.15) is 5.56 Å². The second-order valence-electron chi connectivity index (χ2n) is 2.03.